The molecule has 0 unspecified atom stereocenters. The monoisotopic (exact) mass is 387 g/mol. The van der Waals surface area contributed by atoms with Gasteiger partial charge in [-0.15, -0.1) is 0 Å². The zero-order valence-corrected chi connectivity index (χ0v) is 16.0. The Bertz CT molecular complexity index is 1110. The molecule has 0 spiro atoms. The van der Waals surface area contributed by atoms with E-state index in [9.17, 15) is 4.39 Å². The maximum Gasteiger partial charge on any atom is 0.212 e. The number of pyridine rings is 3. The van der Waals surface area contributed by atoms with E-state index in [0.29, 0.717) is 5.88 Å². The molecule has 0 fully saturated rings. The fourth-order valence-corrected chi connectivity index (χ4v) is 3.15. The van der Waals surface area contributed by atoms with Gasteiger partial charge < -0.3 is 9.47 Å². The summed E-state index contributed by atoms with van der Waals surface area (Å²) in [5.41, 5.74) is 5.11. The average molecular weight is 387 g/mol. The summed E-state index contributed by atoms with van der Waals surface area (Å²) in [5.74, 6) is 0.764. The fourth-order valence-electron chi connectivity index (χ4n) is 3.15. The lowest BCUT2D eigenvalue weighted by Crippen LogP contribution is -1.96. The van der Waals surface area contributed by atoms with Crippen LogP contribution in [0.15, 0.2) is 73.2 Å². The van der Waals surface area contributed by atoms with E-state index < -0.39 is 5.95 Å². The molecule has 4 rings (SSSR count). The highest BCUT2D eigenvalue weighted by atomic mass is 19.1. The molecular weight excluding hydrogens is 369 g/mol. The van der Waals surface area contributed by atoms with Crippen LogP contribution in [0.4, 0.5) is 4.39 Å². The minimum absolute atomic E-state index is 0.522. The highest BCUT2D eigenvalue weighted by molar-refractivity contribution is 5.92. The van der Waals surface area contributed by atoms with E-state index >= 15 is 0 Å². The lowest BCUT2D eigenvalue weighted by atomic mass is 9.92. The van der Waals surface area contributed by atoms with Crippen LogP contribution < -0.4 is 9.47 Å². The summed E-state index contributed by atoms with van der Waals surface area (Å²) in [5, 5.41) is 0. The summed E-state index contributed by atoms with van der Waals surface area (Å²) in [6.45, 7) is 0. The van der Waals surface area contributed by atoms with Gasteiger partial charge in [-0.05, 0) is 54.1 Å². The van der Waals surface area contributed by atoms with Crippen LogP contribution >= 0.6 is 0 Å². The van der Waals surface area contributed by atoms with E-state index in [1.807, 2.05) is 36.4 Å². The maximum absolute atomic E-state index is 13.4. The first-order valence-corrected chi connectivity index (χ1v) is 8.95. The van der Waals surface area contributed by atoms with Crippen molar-refractivity contribution in [2.45, 2.75) is 0 Å². The third kappa shape index (κ3) is 3.78. The molecule has 0 aliphatic heterocycles. The van der Waals surface area contributed by atoms with Crippen molar-refractivity contribution in [3.05, 3.63) is 79.1 Å². The largest absolute Gasteiger partial charge is 0.497 e. The van der Waals surface area contributed by atoms with Crippen LogP contribution in [0.25, 0.3) is 33.5 Å². The van der Waals surface area contributed by atoms with E-state index in [4.69, 9.17) is 9.47 Å². The fraction of sp³-hybridized carbons (Fsp3) is 0.0870. The summed E-state index contributed by atoms with van der Waals surface area (Å²) < 4.78 is 23.8. The Labute approximate surface area is 167 Å². The molecule has 0 N–H and O–H groups in total. The number of hydrogen-bond donors (Lipinski definition) is 0. The number of benzene rings is 1. The normalized spacial score (nSPS) is 10.6. The van der Waals surface area contributed by atoms with E-state index in [1.54, 1.807) is 38.7 Å². The Morgan fingerprint density at radius 2 is 1.41 bits per heavy atom. The average Bonchev–Trinajstić information content (AvgIpc) is 2.79. The van der Waals surface area contributed by atoms with Crippen molar-refractivity contribution in [3.63, 3.8) is 0 Å². The second kappa shape index (κ2) is 8.06. The maximum atomic E-state index is 13.4. The van der Waals surface area contributed by atoms with Crippen LogP contribution in [0.3, 0.4) is 0 Å². The van der Waals surface area contributed by atoms with Crippen molar-refractivity contribution in [2.75, 3.05) is 14.2 Å². The van der Waals surface area contributed by atoms with E-state index in [-0.39, 0.29) is 0 Å². The van der Waals surface area contributed by atoms with Gasteiger partial charge in [-0.25, -0.2) is 9.97 Å². The van der Waals surface area contributed by atoms with Gasteiger partial charge in [0, 0.05) is 46.9 Å². The third-order valence-corrected chi connectivity index (χ3v) is 4.59. The van der Waals surface area contributed by atoms with Crippen LogP contribution in [-0.2, 0) is 0 Å². The van der Waals surface area contributed by atoms with Gasteiger partial charge in [0.15, 0.2) is 0 Å². The SMILES string of the molecule is COc1ccc(-c2nccc(-c3ccc(F)nc3)c2-c2ccc(OC)nc2)cc1. The molecular formula is C23H18FN3O2. The van der Waals surface area contributed by atoms with Gasteiger partial charge >= 0.3 is 0 Å². The molecule has 4 aromatic rings. The molecule has 0 amide bonds. The first kappa shape index (κ1) is 18.6. The Morgan fingerprint density at radius 3 is 2.03 bits per heavy atom. The minimum atomic E-state index is -0.522. The molecule has 1 aromatic carbocycles. The number of rotatable bonds is 5. The van der Waals surface area contributed by atoms with Crippen LogP contribution in [0, 0.1) is 5.95 Å². The first-order valence-electron chi connectivity index (χ1n) is 8.95. The number of ether oxygens (including phenoxy) is 2. The van der Waals surface area contributed by atoms with Crippen molar-refractivity contribution in [2.24, 2.45) is 0 Å². The second-order valence-corrected chi connectivity index (χ2v) is 6.27. The molecule has 0 saturated heterocycles. The standard InChI is InChI=1S/C23H18FN3O2/c1-28-18-7-3-15(4-8-18)23-22(17-6-10-21(29-2)27-14-17)19(11-12-25-23)16-5-9-20(24)26-13-16/h3-14H,1-2H3. The van der Waals surface area contributed by atoms with Crippen molar-refractivity contribution in [3.8, 4) is 45.1 Å². The van der Waals surface area contributed by atoms with Crippen molar-refractivity contribution in [1.29, 1.82) is 0 Å². The first-order chi connectivity index (χ1) is 14.2. The summed E-state index contributed by atoms with van der Waals surface area (Å²) in [6, 6.07) is 16.3. The number of aromatic nitrogens is 3. The van der Waals surface area contributed by atoms with Crippen LogP contribution in [0.2, 0.25) is 0 Å². The van der Waals surface area contributed by atoms with E-state index in [2.05, 4.69) is 15.0 Å². The minimum Gasteiger partial charge on any atom is -0.497 e. The molecule has 3 aromatic heterocycles. The molecule has 0 aliphatic rings. The quantitative estimate of drug-likeness (QED) is 0.450. The van der Waals surface area contributed by atoms with E-state index in [0.717, 1.165) is 39.3 Å². The molecule has 6 heteroatoms. The lowest BCUT2D eigenvalue weighted by molar-refractivity contribution is 0.398. The molecule has 0 saturated carbocycles. The van der Waals surface area contributed by atoms with Gasteiger partial charge in [-0.2, -0.15) is 4.39 Å². The van der Waals surface area contributed by atoms with Crippen LogP contribution in [0.1, 0.15) is 0 Å². The molecule has 5 nitrogen and oxygen atoms in total. The van der Waals surface area contributed by atoms with Gasteiger partial charge in [0.25, 0.3) is 0 Å². The number of halogens is 1. The molecule has 29 heavy (non-hydrogen) atoms. The van der Waals surface area contributed by atoms with Gasteiger partial charge in [-0.1, -0.05) is 0 Å². The Hall–Kier alpha value is -3.80. The van der Waals surface area contributed by atoms with Crippen molar-refractivity contribution >= 4 is 0 Å². The summed E-state index contributed by atoms with van der Waals surface area (Å²) >= 11 is 0. The number of hydrogen-bond acceptors (Lipinski definition) is 5. The number of nitrogens with zero attached hydrogens (tertiary/aromatic N) is 3. The Kier molecular flexibility index (Phi) is 5.16. The Morgan fingerprint density at radius 1 is 0.690 bits per heavy atom. The predicted octanol–water partition coefficient (Wildman–Crippen LogP) is 5.03. The molecule has 0 radical (unpaired) electrons. The van der Waals surface area contributed by atoms with Gasteiger partial charge in [0.2, 0.25) is 11.8 Å². The van der Waals surface area contributed by atoms with Gasteiger partial charge in [0.1, 0.15) is 5.75 Å². The summed E-state index contributed by atoms with van der Waals surface area (Å²) in [6.07, 6.45) is 4.99. The number of methoxy groups -OCH3 is 2. The van der Waals surface area contributed by atoms with Crippen molar-refractivity contribution in [1.82, 2.24) is 15.0 Å². The molecule has 144 valence electrons. The van der Waals surface area contributed by atoms with Crippen LogP contribution in [-0.4, -0.2) is 29.2 Å². The smallest absolute Gasteiger partial charge is 0.212 e. The highest BCUT2D eigenvalue weighted by Crippen LogP contribution is 2.38. The van der Waals surface area contributed by atoms with Gasteiger partial charge in [0.05, 0.1) is 19.9 Å². The van der Waals surface area contributed by atoms with E-state index in [1.165, 1.54) is 12.3 Å². The molecule has 0 atom stereocenters. The van der Waals surface area contributed by atoms with Crippen molar-refractivity contribution < 1.29 is 13.9 Å². The summed E-state index contributed by atoms with van der Waals surface area (Å²) in [4.78, 5) is 12.8. The zero-order valence-electron chi connectivity index (χ0n) is 16.0. The predicted molar refractivity (Wildman–Crippen MR) is 109 cm³/mol. The van der Waals surface area contributed by atoms with Gasteiger partial charge in [-0.3, -0.25) is 4.98 Å². The second-order valence-electron chi connectivity index (χ2n) is 6.27. The third-order valence-electron chi connectivity index (χ3n) is 4.59. The topological polar surface area (TPSA) is 57.1 Å². The summed E-state index contributed by atoms with van der Waals surface area (Å²) in [7, 11) is 3.20. The zero-order chi connectivity index (χ0) is 20.2. The Balaban J connectivity index is 1.94. The molecule has 3 heterocycles. The highest BCUT2D eigenvalue weighted by Gasteiger charge is 2.16. The lowest BCUT2D eigenvalue weighted by Gasteiger charge is -2.15. The molecule has 0 bridgehead atoms. The van der Waals surface area contributed by atoms with Crippen LogP contribution in [0.5, 0.6) is 11.6 Å². The molecule has 0 aliphatic carbocycles.